The molecule has 144 valence electrons. The smallest absolute Gasteiger partial charge is 0.246 e. The predicted octanol–water partition coefficient (Wildman–Crippen LogP) is 3.17. The lowest BCUT2D eigenvalue weighted by molar-refractivity contribution is 0.0970. The molecule has 0 spiro atoms. The number of Topliss-reactive ketones (excluding diaryl/α,β-unsaturated/α-hetero) is 1. The van der Waals surface area contributed by atoms with Gasteiger partial charge in [0, 0.05) is 11.9 Å². The van der Waals surface area contributed by atoms with Crippen LogP contribution in [-0.4, -0.2) is 35.3 Å². The second-order valence-electron chi connectivity index (χ2n) is 6.33. The lowest BCUT2D eigenvalue weighted by Crippen LogP contribution is -2.27. The summed E-state index contributed by atoms with van der Waals surface area (Å²) >= 11 is 1.42. The monoisotopic (exact) mass is 407 g/mol. The van der Waals surface area contributed by atoms with Crippen LogP contribution < -0.4 is 0 Å². The fourth-order valence-electron chi connectivity index (χ4n) is 2.87. The molecule has 0 fully saturated rings. The Balaban J connectivity index is 1.87. The Kier molecular flexibility index (Phi) is 5.36. The Morgan fingerprint density at radius 2 is 2.00 bits per heavy atom. The zero-order chi connectivity index (χ0) is 19.8. The van der Waals surface area contributed by atoms with E-state index in [0.29, 0.717) is 22.0 Å². The number of aryl methyl sites for hydroxylation is 2. The summed E-state index contributed by atoms with van der Waals surface area (Å²) < 4.78 is 34.0. The van der Waals surface area contributed by atoms with Crippen LogP contribution in [0, 0.1) is 20.8 Å². The molecule has 9 heteroatoms. The van der Waals surface area contributed by atoms with Gasteiger partial charge in [0.05, 0.1) is 29.1 Å². The van der Waals surface area contributed by atoms with Gasteiger partial charge in [-0.2, -0.15) is 9.40 Å². The van der Waals surface area contributed by atoms with Crippen LogP contribution in [0.25, 0.3) is 0 Å². The first-order chi connectivity index (χ1) is 12.7. The molecule has 0 unspecified atom stereocenters. The molecule has 27 heavy (non-hydrogen) atoms. The van der Waals surface area contributed by atoms with Crippen molar-refractivity contribution in [3.63, 3.8) is 0 Å². The summed E-state index contributed by atoms with van der Waals surface area (Å²) in [6.45, 7) is 5.36. The minimum absolute atomic E-state index is 0.00401. The van der Waals surface area contributed by atoms with Crippen molar-refractivity contribution in [2.45, 2.75) is 38.8 Å². The van der Waals surface area contributed by atoms with Crippen molar-refractivity contribution in [1.29, 1.82) is 0 Å². The highest BCUT2D eigenvalue weighted by Gasteiger charge is 2.29. The van der Waals surface area contributed by atoms with Gasteiger partial charge in [-0.15, -0.1) is 11.3 Å². The molecule has 0 amide bonds. The van der Waals surface area contributed by atoms with Gasteiger partial charge in [0.25, 0.3) is 0 Å². The van der Waals surface area contributed by atoms with Crippen LogP contribution in [0.15, 0.2) is 39.8 Å². The number of ketones is 1. The maximum Gasteiger partial charge on any atom is 0.246 e. The van der Waals surface area contributed by atoms with Crippen molar-refractivity contribution in [1.82, 2.24) is 14.1 Å². The number of hydrogen-bond donors (Lipinski definition) is 0. The van der Waals surface area contributed by atoms with Crippen molar-refractivity contribution >= 4 is 27.1 Å². The summed E-state index contributed by atoms with van der Waals surface area (Å²) in [5.74, 6) is 0.457. The Morgan fingerprint density at radius 3 is 2.59 bits per heavy atom. The lowest BCUT2D eigenvalue weighted by atomic mass is 10.3. The van der Waals surface area contributed by atoms with Crippen molar-refractivity contribution in [2.24, 2.45) is 0 Å². The average molecular weight is 408 g/mol. The maximum absolute atomic E-state index is 13.0. The van der Waals surface area contributed by atoms with Gasteiger partial charge in [-0.1, -0.05) is 0 Å². The third-order valence-electron chi connectivity index (χ3n) is 4.25. The van der Waals surface area contributed by atoms with E-state index in [9.17, 15) is 13.2 Å². The van der Waals surface area contributed by atoms with Crippen LogP contribution in [-0.2, 0) is 23.1 Å². The molecule has 0 saturated heterocycles. The molecular formula is C18H21N3O4S2. The number of aromatic nitrogens is 2. The third kappa shape index (κ3) is 3.90. The van der Waals surface area contributed by atoms with Gasteiger partial charge in [-0.05, 0) is 45.0 Å². The molecule has 0 atom stereocenters. The van der Waals surface area contributed by atoms with Crippen LogP contribution >= 0.6 is 11.3 Å². The second-order valence-corrected chi connectivity index (χ2v) is 9.60. The Morgan fingerprint density at radius 1 is 1.26 bits per heavy atom. The van der Waals surface area contributed by atoms with E-state index in [-0.39, 0.29) is 23.8 Å². The minimum atomic E-state index is -3.77. The molecule has 3 rings (SSSR count). The number of hydrogen-bond acceptors (Lipinski definition) is 6. The summed E-state index contributed by atoms with van der Waals surface area (Å²) in [5, 5.41) is 4.30. The van der Waals surface area contributed by atoms with Gasteiger partial charge in [-0.25, -0.2) is 8.42 Å². The summed E-state index contributed by atoms with van der Waals surface area (Å²) in [7, 11) is -2.28. The van der Waals surface area contributed by atoms with E-state index in [4.69, 9.17) is 4.42 Å². The molecule has 0 saturated carbocycles. The fourth-order valence-corrected chi connectivity index (χ4v) is 5.17. The minimum Gasteiger partial charge on any atom is -0.468 e. The van der Waals surface area contributed by atoms with E-state index in [1.807, 2.05) is 13.0 Å². The van der Waals surface area contributed by atoms with Gasteiger partial charge < -0.3 is 4.42 Å². The van der Waals surface area contributed by atoms with E-state index in [0.717, 1.165) is 4.88 Å². The van der Waals surface area contributed by atoms with Gasteiger partial charge >= 0.3 is 0 Å². The number of sulfonamides is 1. The first-order valence-corrected chi connectivity index (χ1v) is 10.6. The molecule has 0 aliphatic heterocycles. The van der Waals surface area contributed by atoms with Crippen molar-refractivity contribution in [3.8, 4) is 0 Å². The standard InChI is InChI=1S/C18H21N3O4S2/c1-12-7-8-17(26-12)16(22)11-21-14(3)18(13(2)19-21)27(23,24)20(4)10-15-6-5-9-25-15/h5-9H,10-11H2,1-4H3. The van der Waals surface area contributed by atoms with Gasteiger partial charge in [-0.3, -0.25) is 9.48 Å². The fraction of sp³-hybridized carbons (Fsp3) is 0.333. The van der Waals surface area contributed by atoms with E-state index in [1.165, 1.54) is 33.6 Å². The predicted molar refractivity (Wildman–Crippen MR) is 102 cm³/mol. The number of carbonyl (C=O) groups excluding carboxylic acids is 1. The molecule has 0 bridgehead atoms. The molecule has 3 aromatic heterocycles. The third-order valence-corrected chi connectivity index (χ3v) is 7.35. The zero-order valence-electron chi connectivity index (χ0n) is 15.6. The van der Waals surface area contributed by atoms with Crippen LogP contribution in [0.1, 0.15) is 31.7 Å². The quantitative estimate of drug-likeness (QED) is 0.562. The first-order valence-electron chi connectivity index (χ1n) is 8.32. The maximum atomic E-state index is 13.0. The highest BCUT2D eigenvalue weighted by Crippen LogP contribution is 2.25. The highest BCUT2D eigenvalue weighted by atomic mass is 32.2. The van der Waals surface area contributed by atoms with Crippen LogP contribution in [0.5, 0.6) is 0 Å². The van der Waals surface area contributed by atoms with Gasteiger partial charge in [0.15, 0.2) is 5.78 Å². The SMILES string of the molecule is Cc1ccc(C(=O)Cn2nc(C)c(S(=O)(=O)N(C)Cc3ccco3)c2C)s1. The normalized spacial score (nSPS) is 12.0. The van der Waals surface area contributed by atoms with Crippen molar-refractivity contribution in [2.75, 3.05) is 7.05 Å². The van der Waals surface area contributed by atoms with E-state index < -0.39 is 10.0 Å². The Bertz CT molecular complexity index is 1060. The zero-order valence-corrected chi connectivity index (χ0v) is 17.2. The highest BCUT2D eigenvalue weighted by molar-refractivity contribution is 7.89. The topological polar surface area (TPSA) is 85.4 Å². The molecule has 0 aliphatic carbocycles. The number of thiophene rings is 1. The number of carbonyl (C=O) groups is 1. The van der Waals surface area contributed by atoms with Gasteiger partial charge in [0.2, 0.25) is 10.0 Å². The van der Waals surface area contributed by atoms with Crippen LogP contribution in [0.4, 0.5) is 0 Å². The molecule has 0 aliphatic rings. The summed E-state index contributed by atoms with van der Waals surface area (Å²) in [5.41, 5.74) is 0.814. The number of furan rings is 1. The van der Waals surface area contributed by atoms with Crippen molar-refractivity contribution in [3.05, 3.63) is 57.4 Å². The van der Waals surface area contributed by atoms with Crippen molar-refractivity contribution < 1.29 is 17.6 Å². The lowest BCUT2D eigenvalue weighted by Gasteiger charge is -2.16. The van der Waals surface area contributed by atoms with E-state index in [2.05, 4.69) is 5.10 Å². The molecule has 0 aromatic carbocycles. The van der Waals surface area contributed by atoms with E-state index >= 15 is 0 Å². The molecular weight excluding hydrogens is 386 g/mol. The number of rotatable bonds is 7. The molecule has 3 aromatic rings. The summed E-state index contributed by atoms with van der Waals surface area (Å²) in [4.78, 5) is 14.3. The summed E-state index contributed by atoms with van der Waals surface area (Å²) in [6.07, 6.45) is 1.50. The second kappa shape index (κ2) is 7.41. The molecule has 7 nitrogen and oxygen atoms in total. The van der Waals surface area contributed by atoms with Gasteiger partial charge in [0.1, 0.15) is 17.2 Å². The number of nitrogens with zero attached hydrogens (tertiary/aromatic N) is 3. The van der Waals surface area contributed by atoms with E-state index in [1.54, 1.807) is 32.0 Å². The summed E-state index contributed by atoms with van der Waals surface area (Å²) in [6, 6.07) is 7.10. The van der Waals surface area contributed by atoms with Crippen LogP contribution in [0.2, 0.25) is 0 Å². The largest absolute Gasteiger partial charge is 0.468 e. The molecule has 3 heterocycles. The Labute approximate surface area is 162 Å². The Hall–Kier alpha value is -2.23. The molecule has 0 N–H and O–H groups in total. The molecule has 0 radical (unpaired) electrons. The van der Waals surface area contributed by atoms with Crippen LogP contribution in [0.3, 0.4) is 0 Å². The first kappa shape index (κ1) is 19.5. The average Bonchev–Trinajstić information content (AvgIpc) is 3.30.